The Kier molecular flexibility index (Phi) is 6.29. The molecule has 0 fully saturated rings. The first-order chi connectivity index (χ1) is 14.5. The van der Waals surface area contributed by atoms with E-state index in [1.54, 1.807) is 29.0 Å². The summed E-state index contributed by atoms with van der Waals surface area (Å²) in [5, 5.41) is 7.45. The molecule has 8 heteroatoms. The Labute approximate surface area is 183 Å². The standard InChI is InChI=1S/C23H30N6O2/c1-15-12-17(8-9-18(15)14-28(6)22(30)31-23(3,4)5)19-10-11-24-21(26-19)27-20-13-25-29(7)16(20)2/h8-13H,14H2,1-7H3,(H,24,26,27). The van der Waals surface area contributed by atoms with Gasteiger partial charge in [0.1, 0.15) is 5.60 Å². The van der Waals surface area contributed by atoms with Crippen molar-refractivity contribution in [1.29, 1.82) is 0 Å². The molecule has 0 aliphatic heterocycles. The molecule has 31 heavy (non-hydrogen) atoms. The van der Waals surface area contributed by atoms with Crippen LogP contribution < -0.4 is 5.32 Å². The van der Waals surface area contributed by atoms with Gasteiger partial charge in [0.2, 0.25) is 5.95 Å². The molecule has 0 atom stereocenters. The lowest BCUT2D eigenvalue weighted by molar-refractivity contribution is 0.0285. The number of hydrogen-bond donors (Lipinski definition) is 1. The van der Waals surface area contributed by atoms with Crippen LogP contribution in [0.4, 0.5) is 16.4 Å². The number of benzene rings is 1. The molecule has 1 aromatic carbocycles. The summed E-state index contributed by atoms with van der Waals surface area (Å²) in [6.07, 6.45) is 3.15. The maximum Gasteiger partial charge on any atom is 0.410 e. The zero-order chi connectivity index (χ0) is 22.8. The lowest BCUT2D eigenvalue weighted by atomic mass is 10.0. The highest BCUT2D eigenvalue weighted by Gasteiger charge is 2.20. The van der Waals surface area contributed by atoms with Crippen molar-refractivity contribution in [1.82, 2.24) is 24.6 Å². The van der Waals surface area contributed by atoms with E-state index in [2.05, 4.69) is 26.4 Å². The molecule has 8 nitrogen and oxygen atoms in total. The Morgan fingerprint density at radius 1 is 1.23 bits per heavy atom. The molecule has 0 bridgehead atoms. The lowest BCUT2D eigenvalue weighted by Crippen LogP contribution is -2.33. The van der Waals surface area contributed by atoms with Crippen LogP contribution in [0.5, 0.6) is 0 Å². The monoisotopic (exact) mass is 422 g/mol. The van der Waals surface area contributed by atoms with E-state index in [1.807, 2.05) is 59.9 Å². The van der Waals surface area contributed by atoms with Crippen molar-refractivity contribution in [3.63, 3.8) is 0 Å². The van der Waals surface area contributed by atoms with E-state index in [1.165, 1.54) is 0 Å². The maximum atomic E-state index is 12.2. The van der Waals surface area contributed by atoms with Crippen molar-refractivity contribution in [3.8, 4) is 11.3 Å². The average molecular weight is 423 g/mol. The van der Waals surface area contributed by atoms with Gasteiger partial charge in [-0.3, -0.25) is 4.68 Å². The van der Waals surface area contributed by atoms with Crippen molar-refractivity contribution in [2.45, 2.75) is 46.8 Å². The van der Waals surface area contributed by atoms with Crippen molar-refractivity contribution < 1.29 is 9.53 Å². The number of ether oxygens (including phenoxy) is 1. The average Bonchev–Trinajstić information content (AvgIpc) is 3.00. The normalized spacial score (nSPS) is 11.3. The zero-order valence-electron chi connectivity index (χ0n) is 19.2. The summed E-state index contributed by atoms with van der Waals surface area (Å²) in [7, 11) is 3.63. The third-order valence-corrected chi connectivity index (χ3v) is 4.89. The van der Waals surface area contributed by atoms with E-state index in [4.69, 9.17) is 4.74 Å². The molecule has 1 N–H and O–H groups in total. The molecular weight excluding hydrogens is 392 g/mol. The molecular formula is C23H30N6O2. The Morgan fingerprint density at radius 2 is 1.97 bits per heavy atom. The fourth-order valence-electron chi connectivity index (χ4n) is 3.01. The first kappa shape index (κ1) is 22.3. The van der Waals surface area contributed by atoms with Crippen molar-refractivity contribution in [2.24, 2.45) is 7.05 Å². The van der Waals surface area contributed by atoms with Crippen molar-refractivity contribution in [2.75, 3.05) is 12.4 Å². The van der Waals surface area contributed by atoms with Gasteiger partial charge < -0.3 is 15.0 Å². The van der Waals surface area contributed by atoms with E-state index in [0.717, 1.165) is 33.8 Å². The molecule has 0 radical (unpaired) electrons. The van der Waals surface area contributed by atoms with Gasteiger partial charge in [0.05, 0.1) is 23.3 Å². The quantitative estimate of drug-likeness (QED) is 0.647. The van der Waals surface area contributed by atoms with Crippen LogP contribution in [0.1, 0.15) is 37.6 Å². The second-order valence-corrected chi connectivity index (χ2v) is 8.64. The minimum Gasteiger partial charge on any atom is -0.444 e. The Hall–Kier alpha value is -3.42. The van der Waals surface area contributed by atoms with Crippen LogP contribution in [0, 0.1) is 13.8 Å². The largest absolute Gasteiger partial charge is 0.444 e. The number of nitrogens with zero attached hydrogens (tertiary/aromatic N) is 5. The Balaban J connectivity index is 1.75. The summed E-state index contributed by atoms with van der Waals surface area (Å²) in [6.45, 7) is 10.1. The molecule has 0 saturated heterocycles. The predicted molar refractivity (Wildman–Crippen MR) is 121 cm³/mol. The molecule has 3 rings (SSSR count). The molecule has 0 aliphatic rings. The van der Waals surface area contributed by atoms with Gasteiger partial charge in [0.25, 0.3) is 0 Å². The summed E-state index contributed by atoms with van der Waals surface area (Å²) in [5.41, 5.74) is 5.28. The number of carbonyl (C=O) groups excluding carboxylic acids is 1. The molecule has 164 valence electrons. The van der Waals surface area contributed by atoms with E-state index in [0.29, 0.717) is 12.5 Å². The number of carbonyl (C=O) groups is 1. The van der Waals surface area contributed by atoms with Crippen LogP contribution in [-0.2, 0) is 18.3 Å². The molecule has 1 amide bonds. The molecule has 2 heterocycles. The van der Waals surface area contributed by atoms with Crippen molar-refractivity contribution >= 4 is 17.7 Å². The minimum absolute atomic E-state index is 0.340. The van der Waals surface area contributed by atoms with Crippen LogP contribution in [0.25, 0.3) is 11.3 Å². The van der Waals surface area contributed by atoms with Crippen molar-refractivity contribution in [3.05, 3.63) is 53.5 Å². The summed E-state index contributed by atoms with van der Waals surface area (Å²) in [4.78, 5) is 22.8. The summed E-state index contributed by atoms with van der Waals surface area (Å²) >= 11 is 0. The molecule has 3 aromatic rings. The molecule has 0 aliphatic carbocycles. The summed E-state index contributed by atoms with van der Waals surface area (Å²) < 4.78 is 7.23. The van der Waals surface area contributed by atoms with Crippen LogP contribution in [-0.4, -0.2) is 43.4 Å². The number of amides is 1. The molecule has 2 aromatic heterocycles. The van der Waals surface area contributed by atoms with Gasteiger partial charge in [-0.2, -0.15) is 5.10 Å². The second-order valence-electron chi connectivity index (χ2n) is 8.64. The van der Waals surface area contributed by atoms with Crippen LogP contribution in [0.15, 0.2) is 36.7 Å². The highest BCUT2D eigenvalue weighted by Crippen LogP contribution is 2.24. The number of aromatic nitrogens is 4. The molecule has 0 unspecified atom stereocenters. The summed E-state index contributed by atoms with van der Waals surface area (Å²) in [5.74, 6) is 0.514. The van der Waals surface area contributed by atoms with E-state index < -0.39 is 5.60 Å². The SMILES string of the molecule is Cc1cc(-c2ccnc(Nc3cnn(C)c3C)n2)ccc1CN(C)C(=O)OC(C)(C)C. The lowest BCUT2D eigenvalue weighted by Gasteiger charge is -2.25. The topological polar surface area (TPSA) is 85.2 Å². The van der Waals surface area contributed by atoms with Crippen LogP contribution >= 0.6 is 0 Å². The smallest absolute Gasteiger partial charge is 0.410 e. The highest BCUT2D eigenvalue weighted by molar-refractivity contribution is 5.68. The fraction of sp³-hybridized carbons (Fsp3) is 0.391. The molecule has 0 saturated carbocycles. The van der Waals surface area contributed by atoms with Gasteiger partial charge in [-0.05, 0) is 57.9 Å². The molecule has 0 spiro atoms. The number of nitrogens with one attached hydrogen (secondary N) is 1. The maximum absolute atomic E-state index is 12.2. The zero-order valence-corrected chi connectivity index (χ0v) is 19.2. The van der Waals surface area contributed by atoms with Gasteiger partial charge >= 0.3 is 6.09 Å². The fourth-order valence-corrected chi connectivity index (χ4v) is 3.01. The number of aryl methyl sites for hydroxylation is 2. The minimum atomic E-state index is -0.517. The first-order valence-electron chi connectivity index (χ1n) is 10.2. The van der Waals surface area contributed by atoms with Gasteiger partial charge in [-0.1, -0.05) is 12.1 Å². The van der Waals surface area contributed by atoms with E-state index in [9.17, 15) is 4.79 Å². The van der Waals surface area contributed by atoms with Gasteiger partial charge in [0, 0.05) is 32.4 Å². The number of hydrogen-bond acceptors (Lipinski definition) is 6. The van der Waals surface area contributed by atoms with Gasteiger partial charge in [-0.15, -0.1) is 0 Å². The Morgan fingerprint density at radius 3 is 2.58 bits per heavy atom. The van der Waals surface area contributed by atoms with Crippen LogP contribution in [0.3, 0.4) is 0 Å². The van der Waals surface area contributed by atoms with Gasteiger partial charge in [-0.25, -0.2) is 14.8 Å². The van der Waals surface area contributed by atoms with E-state index >= 15 is 0 Å². The second kappa shape index (κ2) is 8.75. The third kappa shape index (κ3) is 5.59. The number of rotatable bonds is 5. The number of anilines is 2. The first-order valence-corrected chi connectivity index (χ1v) is 10.2. The third-order valence-electron chi connectivity index (χ3n) is 4.89. The Bertz CT molecular complexity index is 1080. The van der Waals surface area contributed by atoms with Gasteiger partial charge in [0.15, 0.2) is 0 Å². The summed E-state index contributed by atoms with van der Waals surface area (Å²) in [6, 6.07) is 7.97. The van der Waals surface area contributed by atoms with E-state index in [-0.39, 0.29) is 6.09 Å². The predicted octanol–water partition coefficient (Wildman–Crippen LogP) is 4.60. The van der Waals surface area contributed by atoms with Crippen LogP contribution in [0.2, 0.25) is 0 Å². The highest BCUT2D eigenvalue weighted by atomic mass is 16.6.